The van der Waals surface area contributed by atoms with Crippen LogP contribution in [0.2, 0.25) is 0 Å². The van der Waals surface area contributed by atoms with Gasteiger partial charge < -0.3 is 10.6 Å². The number of anilines is 2. The van der Waals surface area contributed by atoms with Crippen LogP contribution in [0.5, 0.6) is 0 Å². The predicted molar refractivity (Wildman–Crippen MR) is 108 cm³/mol. The Kier molecular flexibility index (Phi) is 6.19. The third-order valence-corrected chi connectivity index (χ3v) is 4.46. The molecule has 138 valence electrons. The van der Waals surface area contributed by atoms with E-state index in [1.165, 1.54) is 11.1 Å². The van der Waals surface area contributed by atoms with Gasteiger partial charge in [0.15, 0.2) is 0 Å². The number of rotatable bonds is 5. The molecule has 0 atom stereocenters. The van der Waals surface area contributed by atoms with Gasteiger partial charge in [0, 0.05) is 24.2 Å². The Bertz CT molecular complexity index is 736. The van der Waals surface area contributed by atoms with Crippen molar-refractivity contribution < 1.29 is 9.59 Å². The molecule has 0 fully saturated rings. The summed E-state index contributed by atoms with van der Waals surface area (Å²) in [6.45, 7) is 12.0. The first-order valence-electron chi connectivity index (χ1n) is 8.92. The van der Waals surface area contributed by atoms with Crippen molar-refractivity contribution >= 4 is 23.2 Å². The first-order valence-corrected chi connectivity index (χ1v) is 8.92. The minimum atomic E-state index is -0.146. The predicted octanol–water partition coefficient (Wildman–Crippen LogP) is 4.89. The number of carbonyl (C=O) groups is 2. The maximum atomic E-state index is 12.2. The van der Waals surface area contributed by atoms with Crippen molar-refractivity contribution in [1.29, 1.82) is 0 Å². The summed E-state index contributed by atoms with van der Waals surface area (Å²) in [7, 11) is 0. The Morgan fingerprint density at radius 1 is 0.615 bits per heavy atom. The summed E-state index contributed by atoms with van der Waals surface area (Å²) < 4.78 is 0. The van der Waals surface area contributed by atoms with Gasteiger partial charge in [0.25, 0.3) is 0 Å². The highest BCUT2D eigenvalue weighted by atomic mass is 16.2. The van der Waals surface area contributed by atoms with Crippen LogP contribution in [0, 0.1) is 41.5 Å². The van der Waals surface area contributed by atoms with Gasteiger partial charge in [-0.1, -0.05) is 35.4 Å². The van der Waals surface area contributed by atoms with E-state index < -0.39 is 0 Å². The maximum absolute atomic E-state index is 12.2. The summed E-state index contributed by atoms with van der Waals surface area (Å²) in [5.41, 5.74) is 8.15. The van der Waals surface area contributed by atoms with E-state index in [4.69, 9.17) is 0 Å². The molecule has 0 spiro atoms. The van der Waals surface area contributed by atoms with Crippen LogP contribution in [0.4, 0.5) is 11.4 Å². The third kappa shape index (κ3) is 4.94. The second-order valence-electron chi connectivity index (χ2n) is 7.14. The quantitative estimate of drug-likeness (QED) is 0.804. The van der Waals surface area contributed by atoms with Crippen molar-refractivity contribution in [2.75, 3.05) is 10.6 Å². The summed E-state index contributed by atoms with van der Waals surface area (Å²) in [6.07, 6.45) is 0.311. The van der Waals surface area contributed by atoms with E-state index in [0.29, 0.717) is 0 Å². The van der Waals surface area contributed by atoms with E-state index in [1.807, 2.05) is 65.8 Å². The molecule has 0 aliphatic carbocycles. The number of benzene rings is 2. The van der Waals surface area contributed by atoms with Crippen LogP contribution in [0.3, 0.4) is 0 Å². The molecular formula is C22H28N2O2. The zero-order chi connectivity index (χ0) is 19.4. The summed E-state index contributed by atoms with van der Waals surface area (Å²) >= 11 is 0. The van der Waals surface area contributed by atoms with Crippen molar-refractivity contribution in [1.82, 2.24) is 0 Å². The van der Waals surface area contributed by atoms with Gasteiger partial charge in [-0.15, -0.1) is 0 Å². The highest BCUT2D eigenvalue weighted by Crippen LogP contribution is 2.23. The van der Waals surface area contributed by atoms with Crippen LogP contribution in [0.15, 0.2) is 24.3 Å². The molecule has 0 aromatic heterocycles. The first kappa shape index (κ1) is 19.7. The van der Waals surface area contributed by atoms with Crippen LogP contribution in [-0.2, 0) is 9.59 Å². The Morgan fingerprint density at radius 2 is 0.885 bits per heavy atom. The molecule has 0 unspecified atom stereocenters. The molecule has 0 saturated heterocycles. The lowest BCUT2D eigenvalue weighted by molar-refractivity contribution is -0.121. The van der Waals surface area contributed by atoms with Crippen LogP contribution in [-0.4, -0.2) is 11.8 Å². The summed E-state index contributed by atoms with van der Waals surface area (Å²) in [5.74, 6) is -0.292. The van der Waals surface area contributed by atoms with Crippen LogP contribution < -0.4 is 10.6 Å². The lowest BCUT2D eigenvalue weighted by Crippen LogP contribution is -2.19. The van der Waals surface area contributed by atoms with Crippen LogP contribution in [0.25, 0.3) is 0 Å². The monoisotopic (exact) mass is 352 g/mol. The molecule has 0 aliphatic heterocycles. The fourth-order valence-corrected chi connectivity index (χ4v) is 3.39. The lowest BCUT2D eigenvalue weighted by atomic mass is 10.0. The Hall–Kier alpha value is -2.62. The second-order valence-corrected chi connectivity index (χ2v) is 7.14. The fraction of sp³-hybridized carbons (Fsp3) is 0.364. The van der Waals surface area contributed by atoms with Gasteiger partial charge in [0.05, 0.1) is 0 Å². The highest BCUT2D eigenvalue weighted by Gasteiger charge is 2.12. The molecule has 4 heteroatoms. The summed E-state index contributed by atoms with van der Waals surface area (Å²) in [4.78, 5) is 24.5. The van der Waals surface area contributed by atoms with E-state index >= 15 is 0 Å². The standard InChI is InChI=1S/C22H28N2O2/c1-13-9-15(3)21(16(4)10-13)23-19(25)7-8-20(26)24-22-17(5)11-14(2)12-18(22)6/h9-12H,7-8H2,1-6H3,(H,23,25)(H,24,26). The number of carbonyl (C=O) groups excluding carboxylic acids is 2. The van der Waals surface area contributed by atoms with Crippen molar-refractivity contribution in [3.63, 3.8) is 0 Å². The fourth-order valence-electron chi connectivity index (χ4n) is 3.39. The Balaban J connectivity index is 1.95. The molecule has 2 aromatic carbocycles. The largest absolute Gasteiger partial charge is 0.326 e. The molecular weight excluding hydrogens is 324 g/mol. The zero-order valence-corrected chi connectivity index (χ0v) is 16.5. The minimum Gasteiger partial charge on any atom is -0.326 e. The van der Waals surface area contributed by atoms with Gasteiger partial charge in [-0.05, 0) is 63.8 Å². The van der Waals surface area contributed by atoms with E-state index in [0.717, 1.165) is 33.6 Å². The van der Waals surface area contributed by atoms with Crippen molar-refractivity contribution in [3.8, 4) is 0 Å². The molecule has 0 aliphatic rings. The summed E-state index contributed by atoms with van der Waals surface area (Å²) in [5, 5.41) is 5.87. The number of hydrogen-bond acceptors (Lipinski definition) is 2. The molecule has 2 rings (SSSR count). The molecule has 2 aromatic rings. The highest BCUT2D eigenvalue weighted by molar-refractivity contribution is 5.98. The van der Waals surface area contributed by atoms with Crippen molar-refractivity contribution in [2.45, 2.75) is 54.4 Å². The van der Waals surface area contributed by atoms with Crippen LogP contribution in [0.1, 0.15) is 46.2 Å². The average Bonchev–Trinajstić information content (AvgIpc) is 2.52. The van der Waals surface area contributed by atoms with Crippen LogP contribution >= 0.6 is 0 Å². The van der Waals surface area contributed by atoms with Crippen molar-refractivity contribution in [3.05, 3.63) is 57.6 Å². The zero-order valence-electron chi connectivity index (χ0n) is 16.5. The van der Waals surface area contributed by atoms with Crippen molar-refractivity contribution in [2.24, 2.45) is 0 Å². The molecule has 0 saturated carbocycles. The number of nitrogens with one attached hydrogen (secondary N) is 2. The second kappa shape index (κ2) is 8.17. The normalized spacial score (nSPS) is 10.5. The van der Waals surface area contributed by atoms with E-state index in [2.05, 4.69) is 10.6 Å². The smallest absolute Gasteiger partial charge is 0.224 e. The van der Waals surface area contributed by atoms with Gasteiger partial charge in [0.2, 0.25) is 11.8 Å². The SMILES string of the molecule is Cc1cc(C)c(NC(=O)CCC(=O)Nc2c(C)cc(C)cc2C)c(C)c1. The summed E-state index contributed by atoms with van der Waals surface area (Å²) in [6, 6.07) is 8.16. The van der Waals surface area contributed by atoms with Gasteiger partial charge in [-0.25, -0.2) is 0 Å². The number of hydrogen-bond donors (Lipinski definition) is 2. The molecule has 2 amide bonds. The minimum absolute atomic E-state index is 0.146. The topological polar surface area (TPSA) is 58.2 Å². The molecule has 4 nitrogen and oxygen atoms in total. The molecule has 26 heavy (non-hydrogen) atoms. The third-order valence-electron chi connectivity index (χ3n) is 4.46. The molecule has 0 radical (unpaired) electrons. The van der Waals surface area contributed by atoms with Gasteiger partial charge in [0.1, 0.15) is 0 Å². The van der Waals surface area contributed by atoms with E-state index in [1.54, 1.807) is 0 Å². The van der Waals surface area contributed by atoms with Gasteiger partial charge >= 0.3 is 0 Å². The first-order chi connectivity index (χ1) is 12.2. The Morgan fingerprint density at radius 3 is 1.15 bits per heavy atom. The van der Waals surface area contributed by atoms with E-state index in [9.17, 15) is 9.59 Å². The van der Waals surface area contributed by atoms with Gasteiger partial charge in [-0.3, -0.25) is 9.59 Å². The average molecular weight is 352 g/mol. The van der Waals surface area contributed by atoms with E-state index in [-0.39, 0.29) is 24.7 Å². The van der Waals surface area contributed by atoms with Gasteiger partial charge in [-0.2, -0.15) is 0 Å². The molecule has 2 N–H and O–H groups in total. The maximum Gasteiger partial charge on any atom is 0.224 e. The molecule has 0 bridgehead atoms. The number of amides is 2. The molecule has 0 heterocycles. The Labute approximate surface area is 156 Å². The number of aryl methyl sites for hydroxylation is 6. The lowest BCUT2D eigenvalue weighted by Gasteiger charge is -2.14.